The number of hydrogen-bond donors (Lipinski definition) is 1. The van der Waals surface area contributed by atoms with Crippen LogP contribution in [0.5, 0.6) is 0 Å². The van der Waals surface area contributed by atoms with Gasteiger partial charge in [0.25, 0.3) is 0 Å². The van der Waals surface area contributed by atoms with E-state index >= 15 is 0 Å². The van der Waals surface area contributed by atoms with E-state index in [-0.39, 0.29) is 0 Å². The summed E-state index contributed by atoms with van der Waals surface area (Å²) in [6.45, 7) is 8.22. The highest BCUT2D eigenvalue weighted by Gasteiger charge is 2.10. The Labute approximate surface area is 112 Å². The smallest absolute Gasteiger partial charge is 0.00201 e. The lowest BCUT2D eigenvalue weighted by atomic mass is 9.93. The number of benzene rings is 1. The zero-order valence-electron chi connectivity index (χ0n) is 11.7. The Kier molecular flexibility index (Phi) is 8.24. The van der Waals surface area contributed by atoms with E-state index in [0.717, 1.165) is 19.5 Å². The first kappa shape index (κ1) is 15.0. The zero-order valence-corrected chi connectivity index (χ0v) is 11.7. The standard InChI is InChI=1S/C17H27N/c1-3-5-6-8-13-17(15-18-14-4-2)16-11-9-7-10-12-16/h3,7,9-12,17-18H,1,4-6,8,13-15H2,2H3. The molecule has 18 heavy (non-hydrogen) atoms. The van der Waals surface area contributed by atoms with Crippen LogP contribution in [0.25, 0.3) is 0 Å². The SMILES string of the molecule is C=CCCCCC(CNCCC)c1ccccc1. The average Bonchev–Trinajstić information content (AvgIpc) is 2.42. The quantitative estimate of drug-likeness (QED) is 0.472. The lowest BCUT2D eigenvalue weighted by Gasteiger charge is -2.18. The van der Waals surface area contributed by atoms with Crippen molar-refractivity contribution in [2.24, 2.45) is 0 Å². The van der Waals surface area contributed by atoms with E-state index in [1.165, 1.54) is 31.2 Å². The highest BCUT2D eigenvalue weighted by Crippen LogP contribution is 2.21. The first-order chi connectivity index (χ1) is 8.88. The summed E-state index contributed by atoms with van der Waals surface area (Å²) >= 11 is 0. The van der Waals surface area contributed by atoms with E-state index < -0.39 is 0 Å². The van der Waals surface area contributed by atoms with Crippen molar-refractivity contribution >= 4 is 0 Å². The number of allylic oxidation sites excluding steroid dienone is 1. The van der Waals surface area contributed by atoms with Gasteiger partial charge in [0.2, 0.25) is 0 Å². The van der Waals surface area contributed by atoms with Crippen LogP contribution in [0, 0.1) is 0 Å². The Morgan fingerprint density at radius 1 is 1.22 bits per heavy atom. The fraction of sp³-hybridized carbons (Fsp3) is 0.529. The summed E-state index contributed by atoms with van der Waals surface area (Å²) in [5.41, 5.74) is 1.47. The van der Waals surface area contributed by atoms with E-state index in [4.69, 9.17) is 0 Å². The number of rotatable bonds is 10. The molecule has 0 aliphatic rings. The third kappa shape index (κ3) is 6.02. The zero-order chi connectivity index (χ0) is 13.1. The molecule has 1 N–H and O–H groups in total. The monoisotopic (exact) mass is 245 g/mol. The van der Waals surface area contributed by atoms with Crippen molar-refractivity contribution in [3.8, 4) is 0 Å². The molecule has 1 heteroatoms. The molecule has 0 bridgehead atoms. The van der Waals surface area contributed by atoms with Crippen molar-refractivity contribution in [1.29, 1.82) is 0 Å². The maximum Gasteiger partial charge on any atom is 0.00201 e. The second-order valence-corrected chi connectivity index (χ2v) is 4.88. The molecule has 0 spiro atoms. The van der Waals surface area contributed by atoms with Crippen molar-refractivity contribution < 1.29 is 0 Å². The number of hydrogen-bond acceptors (Lipinski definition) is 1. The fourth-order valence-electron chi connectivity index (χ4n) is 2.24. The predicted molar refractivity (Wildman–Crippen MR) is 81.0 cm³/mol. The van der Waals surface area contributed by atoms with Crippen LogP contribution in [0.15, 0.2) is 43.0 Å². The second kappa shape index (κ2) is 9.90. The van der Waals surface area contributed by atoms with Crippen molar-refractivity contribution in [3.05, 3.63) is 48.6 Å². The van der Waals surface area contributed by atoms with Crippen LogP contribution in [0.2, 0.25) is 0 Å². The molecule has 1 unspecified atom stereocenters. The Balaban J connectivity index is 2.44. The van der Waals surface area contributed by atoms with Crippen LogP contribution in [0.4, 0.5) is 0 Å². The van der Waals surface area contributed by atoms with E-state index in [2.05, 4.69) is 49.2 Å². The summed E-state index contributed by atoms with van der Waals surface area (Å²) in [7, 11) is 0. The van der Waals surface area contributed by atoms with Crippen molar-refractivity contribution in [2.45, 2.75) is 44.9 Å². The van der Waals surface area contributed by atoms with Gasteiger partial charge < -0.3 is 5.32 Å². The second-order valence-electron chi connectivity index (χ2n) is 4.88. The lowest BCUT2D eigenvalue weighted by molar-refractivity contribution is 0.523. The predicted octanol–water partition coefficient (Wildman–Crippen LogP) is 4.52. The maximum absolute atomic E-state index is 3.78. The Hall–Kier alpha value is -1.08. The van der Waals surface area contributed by atoms with Crippen LogP contribution in [-0.4, -0.2) is 13.1 Å². The van der Waals surface area contributed by atoms with E-state index in [1.54, 1.807) is 0 Å². The molecule has 1 aromatic rings. The molecule has 1 aromatic carbocycles. The summed E-state index contributed by atoms with van der Waals surface area (Å²) in [5, 5.41) is 3.55. The normalized spacial score (nSPS) is 12.3. The largest absolute Gasteiger partial charge is 0.316 e. The van der Waals surface area contributed by atoms with Gasteiger partial charge in [0.1, 0.15) is 0 Å². The third-order valence-electron chi connectivity index (χ3n) is 3.30. The number of unbranched alkanes of at least 4 members (excludes halogenated alkanes) is 2. The van der Waals surface area contributed by atoms with Crippen molar-refractivity contribution in [2.75, 3.05) is 13.1 Å². The van der Waals surface area contributed by atoms with Crippen molar-refractivity contribution in [3.63, 3.8) is 0 Å². The molecule has 0 amide bonds. The molecule has 0 aliphatic carbocycles. The number of nitrogens with one attached hydrogen (secondary N) is 1. The summed E-state index contributed by atoms with van der Waals surface area (Å²) in [5.74, 6) is 0.655. The molecular weight excluding hydrogens is 218 g/mol. The molecule has 0 saturated carbocycles. The van der Waals surface area contributed by atoms with Gasteiger partial charge in [0.05, 0.1) is 0 Å². The van der Waals surface area contributed by atoms with E-state index in [1.807, 2.05) is 6.08 Å². The minimum atomic E-state index is 0.655. The summed E-state index contributed by atoms with van der Waals surface area (Å²) in [6, 6.07) is 10.9. The van der Waals surface area contributed by atoms with Gasteiger partial charge in [-0.3, -0.25) is 0 Å². The molecule has 0 heterocycles. The Morgan fingerprint density at radius 2 is 2.00 bits per heavy atom. The van der Waals surface area contributed by atoms with E-state index in [0.29, 0.717) is 5.92 Å². The van der Waals surface area contributed by atoms with Crippen LogP contribution in [0.1, 0.15) is 50.5 Å². The molecule has 0 aliphatic heterocycles. The van der Waals surface area contributed by atoms with Gasteiger partial charge >= 0.3 is 0 Å². The van der Waals surface area contributed by atoms with E-state index in [9.17, 15) is 0 Å². The average molecular weight is 245 g/mol. The Morgan fingerprint density at radius 3 is 2.67 bits per heavy atom. The molecule has 0 aromatic heterocycles. The van der Waals surface area contributed by atoms with Crippen LogP contribution in [0.3, 0.4) is 0 Å². The first-order valence-electron chi connectivity index (χ1n) is 7.25. The first-order valence-corrected chi connectivity index (χ1v) is 7.25. The minimum Gasteiger partial charge on any atom is -0.316 e. The highest BCUT2D eigenvalue weighted by molar-refractivity contribution is 5.19. The molecule has 100 valence electrons. The molecule has 0 fully saturated rings. The van der Waals surface area contributed by atoms with Crippen LogP contribution in [-0.2, 0) is 0 Å². The van der Waals surface area contributed by atoms with Crippen molar-refractivity contribution in [1.82, 2.24) is 5.32 Å². The lowest BCUT2D eigenvalue weighted by Crippen LogP contribution is -2.22. The van der Waals surface area contributed by atoms with Crippen LogP contribution < -0.4 is 5.32 Å². The van der Waals surface area contributed by atoms with Gasteiger partial charge in [0.15, 0.2) is 0 Å². The van der Waals surface area contributed by atoms with Crippen LogP contribution >= 0.6 is 0 Å². The molecule has 1 rings (SSSR count). The van der Waals surface area contributed by atoms with Gasteiger partial charge in [-0.05, 0) is 43.7 Å². The summed E-state index contributed by atoms with van der Waals surface area (Å²) in [6.07, 6.45) is 8.20. The summed E-state index contributed by atoms with van der Waals surface area (Å²) < 4.78 is 0. The van der Waals surface area contributed by atoms with Gasteiger partial charge in [-0.25, -0.2) is 0 Å². The Bertz CT molecular complexity index is 305. The third-order valence-corrected chi connectivity index (χ3v) is 3.30. The molecule has 0 saturated heterocycles. The van der Waals surface area contributed by atoms with Gasteiger partial charge in [-0.15, -0.1) is 6.58 Å². The van der Waals surface area contributed by atoms with Gasteiger partial charge in [0, 0.05) is 6.54 Å². The molecule has 1 nitrogen and oxygen atoms in total. The topological polar surface area (TPSA) is 12.0 Å². The highest BCUT2D eigenvalue weighted by atomic mass is 14.8. The maximum atomic E-state index is 3.78. The fourth-order valence-corrected chi connectivity index (χ4v) is 2.24. The van der Waals surface area contributed by atoms with Gasteiger partial charge in [-0.1, -0.05) is 49.8 Å². The van der Waals surface area contributed by atoms with Gasteiger partial charge in [-0.2, -0.15) is 0 Å². The molecule has 1 atom stereocenters. The molecular formula is C17H27N. The summed E-state index contributed by atoms with van der Waals surface area (Å²) in [4.78, 5) is 0. The minimum absolute atomic E-state index is 0.655. The molecule has 0 radical (unpaired) electrons.